The maximum atomic E-state index is 12.6. The molecule has 6 nitrogen and oxygen atoms in total. The number of hydrogen-bond donors (Lipinski definition) is 1. The van der Waals surface area contributed by atoms with E-state index in [1.807, 2.05) is 0 Å². The summed E-state index contributed by atoms with van der Waals surface area (Å²) in [4.78, 5) is 12.6. The third-order valence-electron chi connectivity index (χ3n) is 3.91. The molecule has 0 atom stereocenters. The fourth-order valence-corrected chi connectivity index (χ4v) is 3.78. The molecule has 0 saturated carbocycles. The van der Waals surface area contributed by atoms with Gasteiger partial charge >= 0.3 is 0 Å². The minimum absolute atomic E-state index is 0.00823. The number of benzene rings is 2. The van der Waals surface area contributed by atoms with E-state index in [-0.39, 0.29) is 21.5 Å². The maximum absolute atomic E-state index is 12.6. The number of methoxy groups -OCH3 is 1. The van der Waals surface area contributed by atoms with Gasteiger partial charge in [0.05, 0.1) is 22.6 Å². The van der Waals surface area contributed by atoms with E-state index in [0.717, 1.165) is 0 Å². The quantitative estimate of drug-likeness (QED) is 0.808. The van der Waals surface area contributed by atoms with Gasteiger partial charge in [-0.1, -0.05) is 17.7 Å². The Morgan fingerprint density at radius 3 is 2.50 bits per heavy atom. The summed E-state index contributed by atoms with van der Waals surface area (Å²) in [6, 6.07) is 10.7. The van der Waals surface area contributed by atoms with E-state index < -0.39 is 15.9 Å². The zero-order valence-corrected chi connectivity index (χ0v) is 16.6. The predicted octanol–water partition coefficient (Wildman–Crippen LogP) is 3.63. The van der Waals surface area contributed by atoms with Gasteiger partial charge in [0.15, 0.2) is 0 Å². The standard InChI is InChI=1S/C18H21ClN2O4S/c1-12(2)21(3)26(23,24)15-8-9-17(19)16(11-15)18(22)20-13-6-5-7-14(10-13)25-4/h5-12H,1-4H3,(H,20,22). The molecule has 0 fully saturated rings. The number of carbonyl (C=O) groups is 1. The van der Waals surface area contributed by atoms with E-state index in [1.54, 1.807) is 38.1 Å². The molecule has 2 aromatic rings. The molecular weight excluding hydrogens is 376 g/mol. The first-order valence-electron chi connectivity index (χ1n) is 7.90. The van der Waals surface area contributed by atoms with Gasteiger partial charge in [0, 0.05) is 24.8 Å². The van der Waals surface area contributed by atoms with Crippen LogP contribution in [0, 0.1) is 0 Å². The molecule has 2 aromatic carbocycles. The molecule has 0 heterocycles. The van der Waals surface area contributed by atoms with Crippen LogP contribution < -0.4 is 10.1 Å². The van der Waals surface area contributed by atoms with Crippen molar-refractivity contribution in [3.63, 3.8) is 0 Å². The largest absolute Gasteiger partial charge is 0.497 e. The first kappa shape index (κ1) is 20.2. The Hall–Kier alpha value is -2.09. The Morgan fingerprint density at radius 2 is 1.88 bits per heavy atom. The van der Waals surface area contributed by atoms with Gasteiger partial charge in [-0.15, -0.1) is 0 Å². The topological polar surface area (TPSA) is 75.7 Å². The molecule has 0 aliphatic rings. The lowest BCUT2D eigenvalue weighted by atomic mass is 10.2. The Labute approximate surface area is 158 Å². The van der Waals surface area contributed by atoms with Crippen LogP contribution in [0.1, 0.15) is 24.2 Å². The van der Waals surface area contributed by atoms with Crippen molar-refractivity contribution in [3.05, 3.63) is 53.1 Å². The van der Waals surface area contributed by atoms with E-state index >= 15 is 0 Å². The maximum Gasteiger partial charge on any atom is 0.257 e. The average molecular weight is 397 g/mol. The molecule has 8 heteroatoms. The van der Waals surface area contributed by atoms with Crippen molar-refractivity contribution in [3.8, 4) is 5.75 Å². The molecular formula is C18H21ClN2O4S. The predicted molar refractivity (Wildman–Crippen MR) is 102 cm³/mol. The molecule has 1 N–H and O–H groups in total. The van der Waals surface area contributed by atoms with Gasteiger partial charge in [-0.3, -0.25) is 4.79 Å². The normalized spacial score (nSPS) is 11.7. The van der Waals surface area contributed by atoms with Gasteiger partial charge in [-0.2, -0.15) is 4.31 Å². The number of amides is 1. The van der Waals surface area contributed by atoms with Crippen LogP contribution in [0.3, 0.4) is 0 Å². The summed E-state index contributed by atoms with van der Waals surface area (Å²) >= 11 is 6.11. The zero-order valence-electron chi connectivity index (χ0n) is 15.0. The Balaban J connectivity index is 2.36. The van der Waals surface area contributed by atoms with Gasteiger partial charge in [0.25, 0.3) is 5.91 Å². The lowest BCUT2D eigenvalue weighted by Gasteiger charge is -2.21. The molecule has 1 amide bonds. The number of anilines is 1. The number of carbonyl (C=O) groups excluding carboxylic acids is 1. The molecule has 0 aliphatic carbocycles. The van der Waals surface area contributed by atoms with E-state index in [0.29, 0.717) is 11.4 Å². The highest BCUT2D eigenvalue weighted by Gasteiger charge is 2.25. The second-order valence-electron chi connectivity index (χ2n) is 5.94. The number of sulfonamides is 1. The average Bonchev–Trinajstić information content (AvgIpc) is 2.61. The van der Waals surface area contributed by atoms with Crippen molar-refractivity contribution in [1.29, 1.82) is 0 Å². The summed E-state index contributed by atoms with van der Waals surface area (Å²) in [5.41, 5.74) is 0.589. The lowest BCUT2D eigenvalue weighted by Crippen LogP contribution is -2.33. The van der Waals surface area contributed by atoms with Crippen LogP contribution in [0.2, 0.25) is 5.02 Å². The van der Waals surface area contributed by atoms with E-state index in [2.05, 4.69) is 5.32 Å². The summed E-state index contributed by atoms with van der Waals surface area (Å²) in [5, 5.41) is 2.86. The van der Waals surface area contributed by atoms with Crippen molar-refractivity contribution >= 4 is 33.2 Å². The smallest absolute Gasteiger partial charge is 0.257 e. The summed E-state index contributed by atoms with van der Waals surface area (Å²) in [6.45, 7) is 3.54. The molecule has 0 radical (unpaired) electrons. The zero-order chi connectivity index (χ0) is 19.5. The van der Waals surface area contributed by atoms with Crippen LogP contribution in [0.4, 0.5) is 5.69 Å². The third-order valence-corrected chi connectivity index (χ3v) is 6.27. The molecule has 0 spiro atoms. The molecule has 140 valence electrons. The van der Waals surface area contributed by atoms with E-state index in [4.69, 9.17) is 16.3 Å². The lowest BCUT2D eigenvalue weighted by molar-refractivity contribution is 0.102. The Morgan fingerprint density at radius 1 is 1.19 bits per heavy atom. The SMILES string of the molecule is COc1cccc(NC(=O)c2cc(S(=O)(=O)N(C)C(C)C)ccc2Cl)c1. The van der Waals surface area contributed by atoms with Crippen molar-refractivity contribution in [2.75, 3.05) is 19.5 Å². The van der Waals surface area contributed by atoms with Gasteiger partial charge in [-0.05, 0) is 44.2 Å². The third kappa shape index (κ3) is 4.35. The van der Waals surface area contributed by atoms with E-state index in [9.17, 15) is 13.2 Å². The molecule has 2 rings (SSSR count). The van der Waals surface area contributed by atoms with Crippen LogP contribution in [0.15, 0.2) is 47.4 Å². The molecule has 0 aliphatic heterocycles. The second kappa shape index (κ2) is 8.07. The van der Waals surface area contributed by atoms with Crippen molar-refractivity contribution < 1.29 is 17.9 Å². The first-order chi connectivity index (χ1) is 12.2. The second-order valence-corrected chi connectivity index (χ2v) is 8.35. The first-order valence-corrected chi connectivity index (χ1v) is 9.71. The number of nitrogens with one attached hydrogen (secondary N) is 1. The van der Waals surface area contributed by atoms with Gasteiger partial charge < -0.3 is 10.1 Å². The van der Waals surface area contributed by atoms with Crippen molar-refractivity contribution in [2.45, 2.75) is 24.8 Å². The number of hydrogen-bond acceptors (Lipinski definition) is 4. The van der Waals surface area contributed by atoms with E-state index in [1.165, 1.54) is 36.7 Å². The van der Waals surface area contributed by atoms with Crippen molar-refractivity contribution in [1.82, 2.24) is 4.31 Å². The van der Waals surface area contributed by atoms with Crippen LogP contribution in [0.25, 0.3) is 0 Å². The Kier molecular flexibility index (Phi) is 6.28. The summed E-state index contributed by atoms with van der Waals surface area (Å²) in [5.74, 6) is 0.0799. The van der Waals surface area contributed by atoms with Crippen LogP contribution in [-0.2, 0) is 10.0 Å². The van der Waals surface area contributed by atoms with Crippen LogP contribution >= 0.6 is 11.6 Å². The molecule has 0 bridgehead atoms. The van der Waals surface area contributed by atoms with Crippen LogP contribution in [0.5, 0.6) is 5.75 Å². The minimum Gasteiger partial charge on any atom is -0.497 e. The molecule has 0 saturated heterocycles. The fourth-order valence-electron chi connectivity index (χ4n) is 2.18. The number of ether oxygens (including phenoxy) is 1. The highest BCUT2D eigenvalue weighted by Crippen LogP contribution is 2.25. The highest BCUT2D eigenvalue weighted by molar-refractivity contribution is 7.89. The number of rotatable bonds is 6. The van der Waals surface area contributed by atoms with Crippen LogP contribution in [-0.4, -0.2) is 38.8 Å². The van der Waals surface area contributed by atoms with Crippen molar-refractivity contribution in [2.24, 2.45) is 0 Å². The Bertz CT molecular complexity index is 913. The highest BCUT2D eigenvalue weighted by atomic mass is 35.5. The summed E-state index contributed by atoms with van der Waals surface area (Å²) in [7, 11) is -0.704. The molecule has 0 unspecified atom stereocenters. The van der Waals surface area contributed by atoms with Gasteiger partial charge in [-0.25, -0.2) is 8.42 Å². The number of halogens is 1. The van der Waals surface area contributed by atoms with Gasteiger partial charge in [0.2, 0.25) is 10.0 Å². The minimum atomic E-state index is -3.72. The monoisotopic (exact) mass is 396 g/mol. The molecule has 0 aromatic heterocycles. The summed E-state index contributed by atoms with van der Waals surface area (Å²) < 4.78 is 31.6. The van der Waals surface area contributed by atoms with Gasteiger partial charge in [0.1, 0.15) is 5.75 Å². The number of nitrogens with zero attached hydrogens (tertiary/aromatic N) is 1. The summed E-state index contributed by atoms with van der Waals surface area (Å²) in [6.07, 6.45) is 0. The molecule has 26 heavy (non-hydrogen) atoms. The fraction of sp³-hybridized carbons (Fsp3) is 0.278.